The molecule has 2 rings (SSSR count). The van der Waals surface area contributed by atoms with E-state index in [9.17, 15) is 4.79 Å². The van der Waals surface area contributed by atoms with E-state index in [0.717, 1.165) is 0 Å². The zero-order valence-electron chi connectivity index (χ0n) is 10.9. The maximum Gasteiger partial charge on any atom is 0.338 e. The van der Waals surface area contributed by atoms with Gasteiger partial charge in [-0.25, -0.2) is 10.7 Å². The summed E-state index contributed by atoms with van der Waals surface area (Å²) in [5.41, 5.74) is 0.541. The second-order valence-corrected chi connectivity index (χ2v) is 7.83. The molecule has 4 nitrogen and oxygen atoms in total. The van der Waals surface area contributed by atoms with Gasteiger partial charge in [-0.05, 0) is 26.0 Å². The summed E-state index contributed by atoms with van der Waals surface area (Å²) in [6.45, 7) is 4.06. The second-order valence-electron chi connectivity index (χ2n) is 4.84. The van der Waals surface area contributed by atoms with Crippen molar-refractivity contribution >= 4 is 27.6 Å². The normalized spacial score (nSPS) is 25.8. The average Bonchev–Trinajstić information content (AvgIpc) is 2.39. The highest BCUT2D eigenvalue weighted by Crippen LogP contribution is 2.45. The van der Waals surface area contributed by atoms with Gasteiger partial charge in [0.2, 0.25) is 0 Å². The minimum Gasteiger partial charge on any atom is -0.455 e. The van der Waals surface area contributed by atoms with Crippen molar-refractivity contribution in [3.8, 4) is 0 Å². The smallest absolute Gasteiger partial charge is 0.338 e. The van der Waals surface area contributed by atoms with E-state index < -0.39 is 0 Å². The Hall–Kier alpha value is -0.690. The first-order chi connectivity index (χ1) is 9.04. The predicted octanol–water partition coefficient (Wildman–Crippen LogP) is 2.64. The van der Waals surface area contributed by atoms with Gasteiger partial charge >= 0.3 is 5.97 Å². The number of hydrogen-bond acceptors (Lipinski definition) is 6. The average molecular weight is 299 g/mol. The van der Waals surface area contributed by atoms with Gasteiger partial charge in [0.05, 0.1) is 10.3 Å². The summed E-state index contributed by atoms with van der Waals surface area (Å²) in [5.74, 6) is 5.71. The number of carbonyl (C=O) groups excluding carboxylic acids is 1. The van der Waals surface area contributed by atoms with Crippen LogP contribution in [-0.2, 0) is 9.57 Å². The molecule has 0 spiro atoms. The van der Waals surface area contributed by atoms with Crippen LogP contribution in [-0.4, -0.2) is 28.7 Å². The van der Waals surface area contributed by atoms with E-state index >= 15 is 0 Å². The summed E-state index contributed by atoms with van der Waals surface area (Å²) in [4.78, 5) is 17.1. The summed E-state index contributed by atoms with van der Waals surface area (Å²) >= 11 is 0. The largest absolute Gasteiger partial charge is 0.455 e. The van der Waals surface area contributed by atoms with Gasteiger partial charge in [0.1, 0.15) is 12.2 Å². The van der Waals surface area contributed by atoms with Gasteiger partial charge in [0.15, 0.2) is 0 Å². The number of ether oxygens (including phenoxy) is 1. The van der Waals surface area contributed by atoms with Crippen LogP contribution in [0.1, 0.15) is 24.2 Å². The van der Waals surface area contributed by atoms with Crippen LogP contribution in [0.4, 0.5) is 0 Å². The molecule has 1 aromatic rings. The van der Waals surface area contributed by atoms with E-state index in [1.807, 2.05) is 32.0 Å². The second kappa shape index (κ2) is 6.17. The van der Waals surface area contributed by atoms with Crippen LogP contribution >= 0.6 is 21.6 Å². The molecule has 19 heavy (non-hydrogen) atoms. The molecule has 1 fully saturated rings. The fourth-order valence-corrected chi connectivity index (χ4v) is 4.82. The van der Waals surface area contributed by atoms with Crippen molar-refractivity contribution < 1.29 is 14.4 Å². The van der Waals surface area contributed by atoms with Crippen molar-refractivity contribution in [3.05, 3.63) is 35.9 Å². The zero-order chi connectivity index (χ0) is 13.9. The third kappa shape index (κ3) is 3.45. The molecule has 1 aliphatic rings. The first-order valence-corrected chi connectivity index (χ1v) is 8.28. The van der Waals surface area contributed by atoms with Crippen LogP contribution in [0.15, 0.2) is 30.3 Å². The molecule has 1 heterocycles. The van der Waals surface area contributed by atoms with E-state index in [0.29, 0.717) is 11.3 Å². The topological polar surface area (TPSA) is 61.5 Å². The highest BCUT2D eigenvalue weighted by atomic mass is 33.1. The third-order valence-electron chi connectivity index (χ3n) is 2.94. The van der Waals surface area contributed by atoms with Crippen molar-refractivity contribution in [2.45, 2.75) is 30.8 Å². The van der Waals surface area contributed by atoms with Gasteiger partial charge in [0, 0.05) is 5.75 Å². The summed E-state index contributed by atoms with van der Waals surface area (Å²) < 4.78 is 5.34. The van der Waals surface area contributed by atoms with Crippen LogP contribution in [0, 0.1) is 0 Å². The molecule has 0 saturated carbocycles. The number of hydrogen-bond donors (Lipinski definition) is 1. The van der Waals surface area contributed by atoms with Gasteiger partial charge in [-0.2, -0.15) is 0 Å². The summed E-state index contributed by atoms with van der Waals surface area (Å²) in [7, 11) is 3.37. The Morgan fingerprint density at radius 2 is 2.05 bits per heavy atom. The van der Waals surface area contributed by atoms with Gasteiger partial charge in [-0.3, -0.25) is 4.84 Å². The Bertz CT molecular complexity index is 439. The van der Waals surface area contributed by atoms with E-state index in [1.54, 1.807) is 33.7 Å². The molecule has 0 unspecified atom stereocenters. The van der Waals surface area contributed by atoms with Gasteiger partial charge in [-0.15, -0.1) is 0 Å². The van der Waals surface area contributed by atoms with Crippen LogP contribution in [0.2, 0.25) is 0 Å². The van der Waals surface area contributed by atoms with Crippen molar-refractivity contribution in [2.75, 3.05) is 5.75 Å². The highest BCUT2D eigenvalue weighted by molar-refractivity contribution is 8.77. The third-order valence-corrected chi connectivity index (χ3v) is 6.24. The molecule has 0 aromatic heterocycles. The first kappa shape index (κ1) is 14.7. The van der Waals surface area contributed by atoms with Gasteiger partial charge < -0.3 is 4.74 Å². The molecule has 1 aromatic carbocycles. The summed E-state index contributed by atoms with van der Waals surface area (Å²) in [6, 6.07) is 8.94. The maximum absolute atomic E-state index is 12.1. The maximum atomic E-state index is 12.1. The van der Waals surface area contributed by atoms with E-state index in [4.69, 9.17) is 15.5 Å². The fraction of sp³-hybridized carbons (Fsp3) is 0.462. The highest BCUT2D eigenvalue weighted by Gasteiger charge is 2.43. The first-order valence-electron chi connectivity index (χ1n) is 5.97. The molecule has 2 N–H and O–H groups in total. The molecule has 0 aliphatic carbocycles. The minimum atomic E-state index is -0.337. The molecule has 2 atom stereocenters. The lowest BCUT2D eigenvalue weighted by Crippen LogP contribution is -2.51. The molecule has 0 radical (unpaired) electrons. The Morgan fingerprint density at radius 1 is 1.37 bits per heavy atom. The molecule has 0 bridgehead atoms. The van der Waals surface area contributed by atoms with E-state index in [-0.39, 0.29) is 22.9 Å². The van der Waals surface area contributed by atoms with Crippen molar-refractivity contribution in [2.24, 2.45) is 5.90 Å². The van der Waals surface area contributed by atoms with Crippen LogP contribution < -0.4 is 5.90 Å². The quantitative estimate of drug-likeness (QED) is 0.526. The fourth-order valence-electron chi connectivity index (χ4n) is 1.96. The number of nitrogens with two attached hydrogens (primary N) is 1. The lowest BCUT2D eigenvalue weighted by Gasteiger charge is -2.40. The molecule has 0 amide bonds. The Labute approximate surface area is 120 Å². The zero-order valence-corrected chi connectivity index (χ0v) is 12.5. The minimum absolute atomic E-state index is 0.195. The number of rotatable bonds is 3. The lowest BCUT2D eigenvalue weighted by molar-refractivity contribution is -0.0581. The van der Waals surface area contributed by atoms with E-state index in [1.165, 1.54) is 0 Å². The number of benzene rings is 1. The number of esters is 1. The summed E-state index contributed by atoms with van der Waals surface area (Å²) in [5, 5.41) is 0. The Kier molecular flexibility index (Phi) is 4.78. The summed E-state index contributed by atoms with van der Waals surface area (Å²) in [6.07, 6.45) is -0.648. The van der Waals surface area contributed by atoms with Crippen molar-refractivity contribution in [3.63, 3.8) is 0 Å². The van der Waals surface area contributed by atoms with Gasteiger partial charge in [-0.1, -0.05) is 39.8 Å². The molecule has 1 saturated heterocycles. The Balaban J connectivity index is 2.07. The monoisotopic (exact) mass is 299 g/mol. The van der Waals surface area contributed by atoms with Crippen LogP contribution in [0.3, 0.4) is 0 Å². The predicted molar refractivity (Wildman–Crippen MR) is 78.8 cm³/mol. The lowest BCUT2D eigenvalue weighted by atomic mass is 10.0. The number of carbonyl (C=O) groups is 1. The van der Waals surface area contributed by atoms with E-state index in [2.05, 4.69) is 0 Å². The van der Waals surface area contributed by atoms with Crippen molar-refractivity contribution in [1.29, 1.82) is 0 Å². The van der Waals surface area contributed by atoms with Gasteiger partial charge in [0.25, 0.3) is 0 Å². The molecular weight excluding hydrogens is 282 g/mol. The Morgan fingerprint density at radius 3 is 2.68 bits per heavy atom. The molecule has 6 heteroatoms. The molecule has 104 valence electrons. The standard InChI is InChI=1S/C13H17NO3S2/c1-13(2)11(17-14)10(8-18-19-13)16-12(15)9-6-4-3-5-7-9/h3-7,10-11H,8,14H2,1-2H3/t10-,11+/m0/s1. The van der Waals surface area contributed by atoms with Crippen LogP contribution in [0.25, 0.3) is 0 Å². The van der Waals surface area contributed by atoms with Crippen LogP contribution in [0.5, 0.6) is 0 Å². The molecule has 1 aliphatic heterocycles. The van der Waals surface area contributed by atoms with Crippen molar-refractivity contribution in [1.82, 2.24) is 0 Å². The SMILES string of the molecule is CC1(C)SSC[C@H](OC(=O)c2ccccc2)[C@H]1ON. The molecular formula is C13H17NO3S2.